The fourth-order valence-electron chi connectivity index (χ4n) is 3.51. The lowest BCUT2D eigenvalue weighted by atomic mass is 10.2. The van der Waals surface area contributed by atoms with Crippen LogP contribution in [0.25, 0.3) is 5.69 Å². The number of aromatic nitrogens is 5. The number of hydrogen-bond acceptors (Lipinski definition) is 8. The summed E-state index contributed by atoms with van der Waals surface area (Å²) in [4.78, 5) is 14.4. The van der Waals surface area contributed by atoms with Crippen molar-refractivity contribution in [1.29, 1.82) is 0 Å². The molecule has 12 nitrogen and oxygen atoms in total. The molecular weight excluding hydrogens is 424 g/mol. The molecule has 0 radical (unpaired) electrons. The monoisotopic (exact) mass is 446 g/mol. The van der Waals surface area contributed by atoms with Crippen molar-refractivity contribution >= 4 is 21.7 Å². The van der Waals surface area contributed by atoms with Gasteiger partial charge in [-0.05, 0) is 48.9 Å². The first kappa shape index (κ1) is 20.9. The molecule has 3 aromatic rings. The van der Waals surface area contributed by atoms with Crippen LogP contribution in [0.3, 0.4) is 0 Å². The van der Waals surface area contributed by atoms with Crippen molar-refractivity contribution in [2.75, 3.05) is 31.5 Å². The molecule has 3 heterocycles. The summed E-state index contributed by atoms with van der Waals surface area (Å²) in [5.74, 6) is 0.260. The highest BCUT2D eigenvalue weighted by molar-refractivity contribution is 7.89. The highest BCUT2D eigenvalue weighted by Crippen LogP contribution is 2.24. The number of aryl methyl sites for hydroxylation is 3. The Balaban J connectivity index is 1.42. The van der Waals surface area contributed by atoms with E-state index in [1.807, 2.05) is 13.0 Å². The van der Waals surface area contributed by atoms with Gasteiger partial charge in [-0.15, -0.1) is 5.10 Å². The second kappa shape index (κ2) is 8.07. The number of nitrogens with one attached hydrogen (secondary N) is 1. The van der Waals surface area contributed by atoms with E-state index in [1.54, 1.807) is 30.9 Å². The first-order valence-corrected chi connectivity index (χ1v) is 11.0. The van der Waals surface area contributed by atoms with Crippen LogP contribution in [0.4, 0.5) is 10.5 Å². The van der Waals surface area contributed by atoms with Gasteiger partial charge in [0.05, 0.1) is 5.69 Å². The zero-order valence-corrected chi connectivity index (χ0v) is 18.1. The van der Waals surface area contributed by atoms with Gasteiger partial charge in [0.25, 0.3) is 0 Å². The molecule has 31 heavy (non-hydrogen) atoms. The summed E-state index contributed by atoms with van der Waals surface area (Å²) in [7, 11) is -3.73. The van der Waals surface area contributed by atoms with Crippen LogP contribution in [-0.2, 0) is 10.0 Å². The minimum absolute atomic E-state index is 0.0974. The molecular formula is C18H22N8O4S. The Kier molecular flexibility index (Phi) is 5.45. The average Bonchev–Trinajstić information content (AvgIpc) is 3.39. The van der Waals surface area contributed by atoms with Crippen molar-refractivity contribution in [3.63, 3.8) is 0 Å². The van der Waals surface area contributed by atoms with E-state index in [2.05, 4.69) is 26.0 Å². The number of urea groups is 1. The van der Waals surface area contributed by atoms with Crippen molar-refractivity contribution in [2.45, 2.75) is 25.7 Å². The summed E-state index contributed by atoms with van der Waals surface area (Å²) in [5, 5.41) is 17.7. The Morgan fingerprint density at radius 3 is 2.48 bits per heavy atom. The summed E-state index contributed by atoms with van der Waals surface area (Å²) in [6.45, 7) is 5.98. The first-order valence-electron chi connectivity index (χ1n) is 9.60. The average molecular weight is 446 g/mol. The lowest BCUT2D eigenvalue weighted by Gasteiger charge is -2.33. The third-order valence-electron chi connectivity index (χ3n) is 5.15. The molecule has 4 rings (SSSR count). The molecule has 2 aromatic heterocycles. The highest BCUT2D eigenvalue weighted by Gasteiger charge is 2.34. The largest absolute Gasteiger partial charge is 0.360 e. The van der Waals surface area contributed by atoms with Gasteiger partial charge in [-0.1, -0.05) is 11.2 Å². The van der Waals surface area contributed by atoms with Crippen molar-refractivity contribution in [2.24, 2.45) is 0 Å². The molecule has 0 atom stereocenters. The van der Waals surface area contributed by atoms with E-state index in [-0.39, 0.29) is 42.9 Å². The number of sulfonamides is 1. The van der Waals surface area contributed by atoms with Crippen LogP contribution >= 0.6 is 0 Å². The summed E-state index contributed by atoms with van der Waals surface area (Å²) < 4.78 is 33.7. The Morgan fingerprint density at radius 2 is 1.87 bits per heavy atom. The van der Waals surface area contributed by atoms with Gasteiger partial charge in [0, 0.05) is 31.9 Å². The maximum absolute atomic E-state index is 12.9. The Morgan fingerprint density at radius 1 is 1.13 bits per heavy atom. The van der Waals surface area contributed by atoms with Gasteiger partial charge >= 0.3 is 6.03 Å². The summed E-state index contributed by atoms with van der Waals surface area (Å²) in [6.07, 6.45) is 1.48. The van der Waals surface area contributed by atoms with Gasteiger partial charge < -0.3 is 14.7 Å². The number of nitrogens with zero attached hydrogens (tertiary/aromatic N) is 7. The van der Waals surface area contributed by atoms with Gasteiger partial charge in [0.2, 0.25) is 10.0 Å². The van der Waals surface area contributed by atoms with Crippen molar-refractivity contribution < 1.29 is 17.7 Å². The van der Waals surface area contributed by atoms with Gasteiger partial charge in [-0.2, -0.15) is 4.31 Å². The fraction of sp³-hybridized carbons (Fsp3) is 0.389. The lowest BCUT2D eigenvalue weighted by Crippen LogP contribution is -2.51. The van der Waals surface area contributed by atoms with E-state index in [0.717, 1.165) is 11.3 Å². The van der Waals surface area contributed by atoms with Crippen LogP contribution in [0.5, 0.6) is 0 Å². The van der Waals surface area contributed by atoms with Crippen LogP contribution in [0.1, 0.15) is 17.0 Å². The fourth-order valence-corrected chi connectivity index (χ4v) is 5.23. The predicted octanol–water partition coefficient (Wildman–Crippen LogP) is 1.11. The number of benzene rings is 1. The predicted molar refractivity (Wildman–Crippen MR) is 109 cm³/mol. The third kappa shape index (κ3) is 4.01. The number of rotatable bonds is 4. The number of amides is 2. The van der Waals surface area contributed by atoms with Crippen LogP contribution in [0, 0.1) is 20.8 Å². The van der Waals surface area contributed by atoms with Crippen LogP contribution in [-0.4, -0.2) is 75.2 Å². The Hall–Kier alpha value is -3.32. The topological polar surface area (TPSA) is 139 Å². The standard InChI is InChI=1S/C18H22N8O4S/c1-12-4-5-15(10-16(12)26-11-19-22-23-26)20-18(27)24-6-8-25(9-7-24)31(28,29)17-13(2)21-30-14(17)3/h4-5,10-11H,6-9H2,1-3H3,(H,20,27). The Labute approximate surface area is 178 Å². The SMILES string of the molecule is Cc1ccc(NC(=O)N2CCN(S(=O)(=O)c3c(C)noc3C)CC2)cc1-n1cnnn1. The smallest absolute Gasteiger partial charge is 0.321 e. The highest BCUT2D eigenvalue weighted by atomic mass is 32.2. The molecule has 1 N–H and O–H groups in total. The number of anilines is 1. The molecule has 1 saturated heterocycles. The molecule has 13 heteroatoms. The van der Waals surface area contributed by atoms with Crippen molar-refractivity contribution in [3.8, 4) is 5.69 Å². The molecule has 1 fully saturated rings. The zero-order valence-electron chi connectivity index (χ0n) is 17.3. The molecule has 1 aliphatic heterocycles. The summed E-state index contributed by atoms with van der Waals surface area (Å²) >= 11 is 0. The summed E-state index contributed by atoms with van der Waals surface area (Å²) in [6, 6.07) is 5.13. The number of tetrazole rings is 1. The van der Waals surface area contributed by atoms with Gasteiger partial charge in [-0.3, -0.25) is 0 Å². The minimum Gasteiger partial charge on any atom is -0.360 e. The van der Waals surface area contributed by atoms with E-state index in [4.69, 9.17) is 4.52 Å². The van der Waals surface area contributed by atoms with Crippen molar-refractivity contribution in [3.05, 3.63) is 41.5 Å². The second-order valence-corrected chi connectivity index (χ2v) is 9.11. The molecule has 0 aliphatic carbocycles. The zero-order chi connectivity index (χ0) is 22.2. The second-order valence-electron chi connectivity index (χ2n) is 7.23. The lowest BCUT2D eigenvalue weighted by molar-refractivity contribution is 0.184. The number of carbonyl (C=O) groups excluding carboxylic acids is 1. The molecule has 0 bridgehead atoms. The quantitative estimate of drug-likeness (QED) is 0.629. The normalized spacial score (nSPS) is 15.3. The van der Waals surface area contributed by atoms with Gasteiger partial charge in [0.15, 0.2) is 5.76 Å². The molecule has 1 aromatic carbocycles. The van der Waals surface area contributed by atoms with Crippen LogP contribution in [0.15, 0.2) is 33.9 Å². The first-order chi connectivity index (χ1) is 14.8. The molecule has 164 valence electrons. The minimum atomic E-state index is -3.73. The summed E-state index contributed by atoms with van der Waals surface area (Å²) in [5.41, 5.74) is 2.61. The van der Waals surface area contributed by atoms with E-state index < -0.39 is 10.0 Å². The number of piperazine rings is 1. The molecule has 2 amide bonds. The van der Waals surface area contributed by atoms with Gasteiger partial charge in [-0.25, -0.2) is 17.9 Å². The maximum Gasteiger partial charge on any atom is 0.321 e. The molecule has 1 aliphatic rings. The van der Waals surface area contributed by atoms with E-state index in [0.29, 0.717) is 11.4 Å². The van der Waals surface area contributed by atoms with E-state index >= 15 is 0 Å². The van der Waals surface area contributed by atoms with Crippen LogP contribution < -0.4 is 5.32 Å². The Bertz CT molecular complexity index is 1180. The van der Waals surface area contributed by atoms with E-state index in [9.17, 15) is 13.2 Å². The number of hydrogen-bond donors (Lipinski definition) is 1. The van der Waals surface area contributed by atoms with Crippen LogP contribution in [0.2, 0.25) is 0 Å². The van der Waals surface area contributed by atoms with E-state index in [1.165, 1.54) is 15.3 Å². The maximum atomic E-state index is 12.9. The molecule has 0 unspecified atom stereocenters. The van der Waals surface area contributed by atoms with Gasteiger partial charge in [0.1, 0.15) is 16.9 Å². The molecule has 0 spiro atoms. The third-order valence-corrected chi connectivity index (χ3v) is 7.29. The van der Waals surface area contributed by atoms with Crippen molar-refractivity contribution in [1.82, 2.24) is 34.6 Å². The number of carbonyl (C=O) groups is 1. The molecule has 0 saturated carbocycles.